The Kier molecular flexibility index (Phi) is 5.72. The zero-order valence-corrected chi connectivity index (χ0v) is 20.3. The highest BCUT2D eigenvalue weighted by molar-refractivity contribution is 6.39. The van der Waals surface area contributed by atoms with Crippen LogP contribution in [0.25, 0.3) is 0 Å². The molecule has 0 radical (unpaired) electrons. The second-order valence-corrected chi connectivity index (χ2v) is 10.6. The van der Waals surface area contributed by atoms with Crippen molar-refractivity contribution in [2.75, 3.05) is 16.0 Å². The van der Waals surface area contributed by atoms with E-state index in [1.165, 1.54) is 0 Å². The number of anilines is 3. The molecule has 5 rings (SSSR count). The van der Waals surface area contributed by atoms with Crippen LogP contribution in [0.3, 0.4) is 0 Å². The lowest BCUT2D eigenvalue weighted by molar-refractivity contribution is -0.0399. The van der Waals surface area contributed by atoms with Crippen LogP contribution in [0.5, 0.6) is 5.75 Å². The van der Waals surface area contributed by atoms with Crippen LogP contribution < -0.4 is 26.0 Å². The average molecular weight is 511 g/mol. The Morgan fingerprint density at radius 2 is 1.82 bits per heavy atom. The molecule has 2 aliphatic heterocycles. The molecule has 1 unspecified atom stereocenters. The molecule has 0 spiro atoms. The summed E-state index contributed by atoms with van der Waals surface area (Å²) in [4.78, 5) is 13.2. The van der Waals surface area contributed by atoms with Crippen LogP contribution in [0, 0.1) is 0 Å². The highest BCUT2D eigenvalue weighted by Gasteiger charge is 2.40. The summed E-state index contributed by atoms with van der Waals surface area (Å²) in [5.74, 6) is -2.45. The number of fused-ring (bicyclic) bond motifs is 3. The number of ether oxygens (including phenoxy) is 1. The molecule has 6 nitrogen and oxygen atoms in total. The number of benzene rings is 2. The van der Waals surface area contributed by atoms with Gasteiger partial charge in [-0.15, -0.1) is 0 Å². The lowest BCUT2D eigenvalue weighted by Crippen LogP contribution is -2.40. The Morgan fingerprint density at radius 3 is 2.50 bits per heavy atom. The molecule has 2 heterocycles. The van der Waals surface area contributed by atoms with Crippen LogP contribution in [-0.4, -0.2) is 29.8 Å². The van der Waals surface area contributed by atoms with Gasteiger partial charge in [-0.25, -0.2) is 8.78 Å². The molecule has 1 saturated carbocycles. The average Bonchev–Trinajstić information content (AvgIpc) is 3.30. The van der Waals surface area contributed by atoms with Crippen molar-refractivity contribution in [2.24, 2.45) is 0 Å². The molecule has 4 N–H and O–H groups in total. The first-order chi connectivity index (χ1) is 16.0. The number of para-hydroxylation sites is 1. The van der Waals surface area contributed by atoms with E-state index in [4.69, 9.17) is 27.9 Å². The molecule has 3 aliphatic rings. The number of hydrogen-bond acceptors (Lipinski definition) is 5. The SMILES string of the molecule is CC1(C)Cc2c3c(cc(C(=O)NC4CCC(F)(F)CC4)c2O1)NC(Nc1c(Cl)cccc1Cl)N3. The van der Waals surface area contributed by atoms with E-state index in [1.807, 2.05) is 13.8 Å². The maximum Gasteiger partial charge on any atom is 0.255 e. The van der Waals surface area contributed by atoms with Crippen LogP contribution in [0.1, 0.15) is 55.5 Å². The van der Waals surface area contributed by atoms with E-state index >= 15 is 0 Å². The molecular formula is C24H26Cl2F2N4O2. The zero-order chi connectivity index (χ0) is 24.3. The predicted octanol–water partition coefficient (Wildman–Crippen LogP) is 6.25. The molecule has 2 aromatic carbocycles. The van der Waals surface area contributed by atoms with Crippen molar-refractivity contribution >= 4 is 46.2 Å². The minimum Gasteiger partial charge on any atom is -0.486 e. The number of halogens is 4. The van der Waals surface area contributed by atoms with Gasteiger partial charge >= 0.3 is 0 Å². The minimum absolute atomic E-state index is 0.215. The van der Waals surface area contributed by atoms with E-state index in [1.54, 1.807) is 24.3 Å². The van der Waals surface area contributed by atoms with E-state index in [0.717, 1.165) is 16.9 Å². The van der Waals surface area contributed by atoms with Gasteiger partial charge in [-0.2, -0.15) is 0 Å². The van der Waals surface area contributed by atoms with Crippen LogP contribution >= 0.6 is 23.2 Å². The summed E-state index contributed by atoms with van der Waals surface area (Å²) in [5, 5.41) is 13.9. The topological polar surface area (TPSA) is 74.4 Å². The van der Waals surface area contributed by atoms with Crippen molar-refractivity contribution in [3.8, 4) is 5.75 Å². The summed E-state index contributed by atoms with van der Waals surface area (Å²) in [6, 6.07) is 6.72. The van der Waals surface area contributed by atoms with Crippen molar-refractivity contribution in [3.63, 3.8) is 0 Å². The first-order valence-corrected chi connectivity index (χ1v) is 12.1. The zero-order valence-electron chi connectivity index (χ0n) is 18.8. The van der Waals surface area contributed by atoms with E-state index in [9.17, 15) is 13.6 Å². The van der Waals surface area contributed by atoms with Crippen LogP contribution in [0.4, 0.5) is 25.8 Å². The number of carbonyl (C=O) groups excluding carboxylic acids is 1. The number of hydrogen-bond donors (Lipinski definition) is 4. The Bertz CT molecular complexity index is 1130. The van der Waals surface area contributed by atoms with E-state index in [0.29, 0.717) is 33.5 Å². The van der Waals surface area contributed by atoms with Gasteiger partial charge in [-0.05, 0) is 44.9 Å². The first kappa shape index (κ1) is 23.3. The fraction of sp³-hybridized carbons (Fsp3) is 0.458. The third kappa shape index (κ3) is 4.45. The molecule has 1 fully saturated rings. The van der Waals surface area contributed by atoms with Gasteiger partial charge in [0.1, 0.15) is 11.4 Å². The predicted molar refractivity (Wildman–Crippen MR) is 131 cm³/mol. The molecule has 1 atom stereocenters. The number of alkyl halides is 2. The quantitative estimate of drug-likeness (QED) is 0.391. The largest absolute Gasteiger partial charge is 0.486 e. The Morgan fingerprint density at radius 1 is 1.15 bits per heavy atom. The van der Waals surface area contributed by atoms with Gasteiger partial charge < -0.3 is 26.0 Å². The van der Waals surface area contributed by atoms with Crippen molar-refractivity contribution < 1.29 is 18.3 Å². The molecule has 1 amide bonds. The second kappa shape index (κ2) is 8.34. The highest BCUT2D eigenvalue weighted by atomic mass is 35.5. The molecule has 10 heteroatoms. The van der Waals surface area contributed by atoms with Gasteiger partial charge in [-0.1, -0.05) is 29.3 Å². The summed E-state index contributed by atoms with van der Waals surface area (Å²) >= 11 is 12.6. The Balaban J connectivity index is 1.40. The van der Waals surface area contributed by atoms with Gasteiger partial charge in [0.15, 0.2) is 6.29 Å². The summed E-state index contributed by atoms with van der Waals surface area (Å²) in [7, 11) is 0. The smallest absolute Gasteiger partial charge is 0.255 e. The fourth-order valence-corrected chi connectivity index (χ4v) is 5.33. The standard InChI is InChI=1S/C24H26Cl2F2N4O2/c1-23(2)11-14-18-17(30-22(31-18)32-19-15(25)4-3-5-16(19)26)10-13(20(14)34-23)21(33)29-12-6-8-24(27,28)9-7-12/h3-5,10,12,22,30-32H,6-9,11H2,1-2H3,(H,29,33). The highest BCUT2D eigenvalue weighted by Crippen LogP contribution is 2.48. The lowest BCUT2D eigenvalue weighted by atomic mass is 9.92. The summed E-state index contributed by atoms with van der Waals surface area (Å²) in [6.07, 6.45) is 0.264. The van der Waals surface area contributed by atoms with Crippen molar-refractivity contribution in [1.82, 2.24) is 5.32 Å². The molecule has 0 aromatic heterocycles. The van der Waals surface area contributed by atoms with Crippen LogP contribution in [0.15, 0.2) is 24.3 Å². The maximum atomic E-state index is 13.5. The second-order valence-electron chi connectivity index (χ2n) is 9.76. The third-order valence-electron chi connectivity index (χ3n) is 6.50. The van der Waals surface area contributed by atoms with Gasteiger partial charge in [-0.3, -0.25) is 4.79 Å². The molecular weight excluding hydrogens is 485 g/mol. The Hall–Kier alpha value is -2.45. The third-order valence-corrected chi connectivity index (χ3v) is 7.13. The van der Waals surface area contributed by atoms with Gasteiger partial charge in [0.25, 0.3) is 5.91 Å². The van der Waals surface area contributed by atoms with Gasteiger partial charge in [0.2, 0.25) is 5.92 Å². The number of nitrogens with one attached hydrogen (secondary N) is 4. The van der Waals surface area contributed by atoms with E-state index in [2.05, 4.69) is 21.3 Å². The van der Waals surface area contributed by atoms with Gasteiger partial charge in [0, 0.05) is 30.9 Å². The van der Waals surface area contributed by atoms with Crippen LogP contribution in [0.2, 0.25) is 10.0 Å². The number of amides is 1. The summed E-state index contributed by atoms with van der Waals surface area (Å²) in [5.41, 5.74) is 2.96. The first-order valence-electron chi connectivity index (χ1n) is 11.3. The van der Waals surface area contributed by atoms with Gasteiger partial charge in [0.05, 0.1) is 32.7 Å². The normalized spacial score (nSPS) is 22.1. The maximum absolute atomic E-state index is 13.5. The monoisotopic (exact) mass is 510 g/mol. The molecule has 0 saturated heterocycles. The number of carbonyl (C=O) groups is 1. The van der Waals surface area contributed by atoms with E-state index in [-0.39, 0.29) is 37.6 Å². The molecule has 1 aliphatic carbocycles. The fourth-order valence-electron chi connectivity index (χ4n) is 4.83. The molecule has 2 aromatic rings. The lowest BCUT2D eigenvalue weighted by Gasteiger charge is -2.29. The molecule has 182 valence electrons. The van der Waals surface area contributed by atoms with Crippen molar-refractivity contribution in [1.29, 1.82) is 0 Å². The number of rotatable bonds is 4. The summed E-state index contributed by atoms with van der Waals surface area (Å²) < 4.78 is 33.2. The molecule has 34 heavy (non-hydrogen) atoms. The minimum atomic E-state index is -2.65. The van der Waals surface area contributed by atoms with Crippen molar-refractivity contribution in [2.45, 2.75) is 69.8 Å². The van der Waals surface area contributed by atoms with Crippen molar-refractivity contribution in [3.05, 3.63) is 45.4 Å². The van der Waals surface area contributed by atoms with E-state index < -0.39 is 17.8 Å². The summed E-state index contributed by atoms with van der Waals surface area (Å²) in [6.45, 7) is 3.93. The molecule has 0 bridgehead atoms. The Labute approximate surface area is 206 Å². The van der Waals surface area contributed by atoms with Crippen LogP contribution in [-0.2, 0) is 6.42 Å².